The van der Waals surface area contributed by atoms with Gasteiger partial charge in [-0.05, 0) is 23.6 Å². The van der Waals surface area contributed by atoms with Crippen LogP contribution in [-0.4, -0.2) is 19.3 Å². The molecule has 2 aromatic carbocycles. The van der Waals surface area contributed by atoms with Gasteiger partial charge in [-0.2, -0.15) is 8.42 Å². The monoisotopic (exact) mass is 304 g/mol. The summed E-state index contributed by atoms with van der Waals surface area (Å²) < 4.78 is 35.6. The van der Waals surface area contributed by atoms with Crippen LogP contribution in [0.15, 0.2) is 70.2 Å². The SMILES string of the molecule is O=Cc1ccco1.O=S(=O)(O)c1cccc2ccccc12. The number of aldehydes is 1. The van der Waals surface area contributed by atoms with Crippen LogP contribution in [0, 0.1) is 0 Å². The van der Waals surface area contributed by atoms with Crippen LogP contribution in [0.5, 0.6) is 0 Å². The summed E-state index contributed by atoms with van der Waals surface area (Å²) in [5.41, 5.74) is 0. The van der Waals surface area contributed by atoms with Gasteiger partial charge in [0.2, 0.25) is 0 Å². The highest BCUT2D eigenvalue weighted by atomic mass is 32.2. The van der Waals surface area contributed by atoms with E-state index in [9.17, 15) is 13.2 Å². The molecule has 0 aliphatic rings. The second-order valence-electron chi connectivity index (χ2n) is 4.09. The van der Waals surface area contributed by atoms with Crippen molar-refractivity contribution in [3.05, 3.63) is 66.6 Å². The number of hydrogen-bond acceptors (Lipinski definition) is 4. The van der Waals surface area contributed by atoms with Gasteiger partial charge < -0.3 is 4.42 Å². The Hall–Kier alpha value is -2.44. The Morgan fingerprint density at radius 3 is 2.24 bits per heavy atom. The first-order valence-corrected chi connectivity index (χ1v) is 7.40. The first kappa shape index (κ1) is 15.0. The van der Waals surface area contributed by atoms with Crippen LogP contribution >= 0.6 is 0 Å². The van der Waals surface area contributed by atoms with Gasteiger partial charge in [-0.25, -0.2) is 0 Å². The van der Waals surface area contributed by atoms with Crippen molar-refractivity contribution in [2.24, 2.45) is 0 Å². The van der Waals surface area contributed by atoms with E-state index in [-0.39, 0.29) is 4.90 Å². The molecule has 0 amide bonds. The van der Waals surface area contributed by atoms with E-state index in [0.29, 0.717) is 17.4 Å². The Balaban J connectivity index is 0.000000194. The van der Waals surface area contributed by atoms with E-state index in [1.54, 1.807) is 42.5 Å². The maximum Gasteiger partial charge on any atom is 0.295 e. The average Bonchev–Trinajstić information content (AvgIpc) is 3.00. The topological polar surface area (TPSA) is 84.6 Å². The molecule has 0 saturated carbocycles. The second-order valence-corrected chi connectivity index (χ2v) is 5.48. The van der Waals surface area contributed by atoms with E-state index in [0.717, 1.165) is 5.39 Å². The van der Waals surface area contributed by atoms with Crippen LogP contribution in [0.2, 0.25) is 0 Å². The summed E-state index contributed by atoms with van der Waals surface area (Å²) in [5, 5.41) is 1.33. The fourth-order valence-corrected chi connectivity index (χ4v) is 2.49. The van der Waals surface area contributed by atoms with Crippen molar-refractivity contribution < 1.29 is 22.2 Å². The average molecular weight is 304 g/mol. The van der Waals surface area contributed by atoms with E-state index in [4.69, 9.17) is 4.55 Å². The second kappa shape index (κ2) is 6.34. The number of carbonyl (C=O) groups excluding carboxylic acids is 1. The van der Waals surface area contributed by atoms with Crippen LogP contribution in [0.25, 0.3) is 10.8 Å². The molecule has 1 aromatic heterocycles. The third-order valence-electron chi connectivity index (χ3n) is 2.69. The molecule has 0 unspecified atom stereocenters. The molecule has 0 bridgehead atoms. The Bertz CT molecular complexity index is 830. The van der Waals surface area contributed by atoms with E-state index >= 15 is 0 Å². The first-order valence-electron chi connectivity index (χ1n) is 5.96. The molecule has 5 nitrogen and oxygen atoms in total. The quantitative estimate of drug-likeness (QED) is 0.580. The van der Waals surface area contributed by atoms with Crippen molar-refractivity contribution in [1.29, 1.82) is 0 Å². The molecule has 0 saturated heterocycles. The molecule has 3 aromatic rings. The summed E-state index contributed by atoms with van der Waals surface area (Å²) in [4.78, 5) is 9.73. The summed E-state index contributed by atoms with van der Waals surface area (Å²) in [6.45, 7) is 0. The van der Waals surface area contributed by atoms with Crippen molar-refractivity contribution in [1.82, 2.24) is 0 Å². The van der Waals surface area contributed by atoms with Crippen LogP contribution in [-0.2, 0) is 10.1 Å². The molecular weight excluding hydrogens is 292 g/mol. The lowest BCUT2D eigenvalue weighted by Crippen LogP contribution is -1.98. The van der Waals surface area contributed by atoms with Gasteiger partial charge in [0.25, 0.3) is 10.1 Å². The number of furan rings is 1. The van der Waals surface area contributed by atoms with Gasteiger partial charge in [0.05, 0.1) is 6.26 Å². The lowest BCUT2D eigenvalue weighted by atomic mass is 10.1. The predicted octanol–water partition coefficient (Wildman–Crippen LogP) is 3.18. The molecule has 0 fully saturated rings. The minimum Gasteiger partial charge on any atom is -0.462 e. The summed E-state index contributed by atoms with van der Waals surface area (Å²) in [5.74, 6) is 0.375. The van der Waals surface area contributed by atoms with Gasteiger partial charge in [-0.3, -0.25) is 9.35 Å². The summed E-state index contributed by atoms with van der Waals surface area (Å²) >= 11 is 0. The zero-order valence-corrected chi connectivity index (χ0v) is 11.7. The number of hydrogen-bond donors (Lipinski definition) is 1. The normalized spacial score (nSPS) is 10.7. The van der Waals surface area contributed by atoms with Crippen LogP contribution in [0.4, 0.5) is 0 Å². The Morgan fingerprint density at radius 1 is 0.952 bits per heavy atom. The number of benzene rings is 2. The van der Waals surface area contributed by atoms with Crippen molar-refractivity contribution in [3.63, 3.8) is 0 Å². The van der Waals surface area contributed by atoms with Gasteiger partial charge in [0.15, 0.2) is 12.0 Å². The number of rotatable bonds is 2. The fourth-order valence-electron chi connectivity index (χ4n) is 1.78. The molecule has 6 heteroatoms. The largest absolute Gasteiger partial charge is 0.462 e. The number of fused-ring (bicyclic) bond motifs is 1. The lowest BCUT2D eigenvalue weighted by molar-refractivity contribution is 0.110. The van der Waals surface area contributed by atoms with Crippen LogP contribution in [0.3, 0.4) is 0 Å². The lowest BCUT2D eigenvalue weighted by Gasteiger charge is -2.02. The smallest absolute Gasteiger partial charge is 0.295 e. The summed E-state index contributed by atoms with van der Waals surface area (Å²) in [7, 11) is -4.13. The Morgan fingerprint density at radius 2 is 1.67 bits per heavy atom. The first-order chi connectivity index (χ1) is 10.0. The van der Waals surface area contributed by atoms with E-state index in [2.05, 4.69) is 4.42 Å². The van der Waals surface area contributed by atoms with Crippen molar-refractivity contribution >= 4 is 27.2 Å². The molecule has 108 valence electrons. The Labute approximate surface area is 121 Å². The van der Waals surface area contributed by atoms with Gasteiger partial charge in [0, 0.05) is 5.39 Å². The van der Waals surface area contributed by atoms with Crippen molar-refractivity contribution in [3.8, 4) is 0 Å². The fraction of sp³-hybridized carbons (Fsp3) is 0. The molecular formula is C15H12O5S. The highest BCUT2D eigenvalue weighted by molar-refractivity contribution is 7.86. The van der Waals surface area contributed by atoms with E-state index < -0.39 is 10.1 Å². The third-order valence-corrected chi connectivity index (χ3v) is 3.60. The third kappa shape index (κ3) is 3.77. The van der Waals surface area contributed by atoms with Gasteiger partial charge in [-0.15, -0.1) is 0 Å². The summed E-state index contributed by atoms with van der Waals surface area (Å²) in [6.07, 6.45) is 2.13. The van der Waals surface area contributed by atoms with Gasteiger partial charge in [0.1, 0.15) is 4.90 Å². The molecule has 0 aliphatic carbocycles. The molecule has 0 spiro atoms. The van der Waals surface area contributed by atoms with E-state index in [1.807, 2.05) is 6.07 Å². The highest BCUT2D eigenvalue weighted by Crippen LogP contribution is 2.21. The van der Waals surface area contributed by atoms with Gasteiger partial charge in [-0.1, -0.05) is 36.4 Å². The number of carbonyl (C=O) groups is 1. The minimum atomic E-state index is -4.13. The maximum absolute atomic E-state index is 11.0. The molecule has 1 N–H and O–H groups in total. The van der Waals surface area contributed by atoms with Crippen LogP contribution < -0.4 is 0 Å². The zero-order valence-electron chi connectivity index (χ0n) is 10.8. The molecule has 21 heavy (non-hydrogen) atoms. The standard InChI is InChI=1S/C10H8O3S.C5H4O2/c11-14(12,13)10-7-3-5-8-4-1-2-6-9(8)10;6-4-5-2-1-3-7-5/h1-7H,(H,11,12,13);1-4H. The zero-order chi connectivity index (χ0) is 15.3. The summed E-state index contributed by atoms with van der Waals surface area (Å²) in [6, 6.07) is 15.1. The molecule has 0 aliphatic heterocycles. The molecule has 0 radical (unpaired) electrons. The highest BCUT2D eigenvalue weighted by Gasteiger charge is 2.12. The van der Waals surface area contributed by atoms with Crippen molar-refractivity contribution in [2.45, 2.75) is 4.90 Å². The van der Waals surface area contributed by atoms with Crippen LogP contribution in [0.1, 0.15) is 10.6 Å². The van der Waals surface area contributed by atoms with Gasteiger partial charge >= 0.3 is 0 Å². The maximum atomic E-state index is 11.0. The molecule has 3 rings (SSSR count). The van der Waals surface area contributed by atoms with Crippen molar-refractivity contribution in [2.75, 3.05) is 0 Å². The molecule has 0 atom stereocenters. The predicted molar refractivity (Wildman–Crippen MR) is 77.9 cm³/mol. The minimum absolute atomic E-state index is 0.0457. The molecule has 1 heterocycles. The Kier molecular flexibility index (Phi) is 4.52. The van der Waals surface area contributed by atoms with E-state index in [1.165, 1.54) is 12.3 Å².